The van der Waals surface area contributed by atoms with Gasteiger partial charge in [-0.3, -0.25) is 0 Å². The van der Waals surface area contributed by atoms with Gasteiger partial charge in [-0.2, -0.15) is 5.10 Å². The van der Waals surface area contributed by atoms with Gasteiger partial charge in [-0.1, -0.05) is 0 Å². The second-order valence-electron chi connectivity index (χ2n) is 4.18. The highest BCUT2D eigenvalue weighted by molar-refractivity contribution is 9.11. The quantitative estimate of drug-likeness (QED) is 0.608. The summed E-state index contributed by atoms with van der Waals surface area (Å²) in [6, 6.07) is 5.41. The Morgan fingerprint density at radius 1 is 1.10 bits per heavy atom. The number of hydrogen-bond acceptors (Lipinski definition) is 5. The average Bonchev–Trinajstić information content (AvgIpc) is 2.34. The highest BCUT2D eigenvalue weighted by atomic mass is 79.9. The predicted molar refractivity (Wildman–Crippen MR) is 86.2 cm³/mol. The molecule has 0 saturated heterocycles. The minimum atomic E-state index is 0.160. The molecule has 0 bridgehead atoms. The summed E-state index contributed by atoms with van der Waals surface area (Å²) < 4.78 is 1.19. The standard InChI is InChI=1S/C13H12Br2N4O/c1-7-3-8(2)18-13(17-7)19-16-6-9-4-10(14)12(20)11(15)5-9/h3-6,20H,1-2H3,(H,17,18,19)/b16-6+. The van der Waals surface area contributed by atoms with E-state index in [2.05, 4.69) is 52.4 Å². The minimum Gasteiger partial charge on any atom is -0.506 e. The molecular weight excluding hydrogens is 388 g/mol. The molecule has 1 aromatic carbocycles. The molecule has 2 rings (SSSR count). The average molecular weight is 400 g/mol. The molecule has 1 aromatic heterocycles. The van der Waals surface area contributed by atoms with Crippen molar-refractivity contribution in [3.05, 3.63) is 44.1 Å². The van der Waals surface area contributed by atoms with E-state index in [0.717, 1.165) is 17.0 Å². The minimum absolute atomic E-state index is 0.160. The fraction of sp³-hybridized carbons (Fsp3) is 0.154. The van der Waals surface area contributed by atoms with Gasteiger partial charge >= 0.3 is 0 Å². The van der Waals surface area contributed by atoms with Crippen LogP contribution < -0.4 is 5.43 Å². The Bertz CT molecular complexity index is 630. The number of benzene rings is 1. The van der Waals surface area contributed by atoms with Crippen molar-refractivity contribution < 1.29 is 5.11 Å². The SMILES string of the molecule is Cc1cc(C)nc(N/N=C/c2cc(Br)c(O)c(Br)c2)n1. The molecule has 5 nitrogen and oxygen atoms in total. The van der Waals surface area contributed by atoms with E-state index in [0.29, 0.717) is 14.9 Å². The second kappa shape index (κ2) is 6.32. The van der Waals surface area contributed by atoms with Crippen LogP contribution in [0.15, 0.2) is 32.2 Å². The van der Waals surface area contributed by atoms with Crippen LogP contribution in [0.25, 0.3) is 0 Å². The third-order valence-electron chi connectivity index (χ3n) is 2.40. The summed E-state index contributed by atoms with van der Waals surface area (Å²) in [7, 11) is 0. The Morgan fingerprint density at radius 2 is 1.65 bits per heavy atom. The van der Waals surface area contributed by atoms with Gasteiger partial charge in [-0.05, 0) is 69.5 Å². The zero-order valence-electron chi connectivity index (χ0n) is 10.9. The molecule has 0 aliphatic heterocycles. The number of aromatic hydroxyl groups is 1. The van der Waals surface area contributed by atoms with Crippen molar-refractivity contribution >= 4 is 44.0 Å². The van der Waals surface area contributed by atoms with Crippen LogP contribution in [-0.2, 0) is 0 Å². The van der Waals surface area contributed by atoms with E-state index in [1.54, 1.807) is 18.3 Å². The van der Waals surface area contributed by atoms with E-state index < -0.39 is 0 Å². The number of aromatic nitrogens is 2. The number of anilines is 1. The van der Waals surface area contributed by atoms with Gasteiger partial charge in [0.05, 0.1) is 15.2 Å². The number of nitrogens with zero attached hydrogens (tertiary/aromatic N) is 3. The van der Waals surface area contributed by atoms with Gasteiger partial charge in [0.2, 0.25) is 5.95 Å². The molecule has 0 saturated carbocycles. The number of rotatable bonds is 3. The number of phenols is 1. The van der Waals surface area contributed by atoms with Gasteiger partial charge < -0.3 is 5.11 Å². The maximum Gasteiger partial charge on any atom is 0.243 e. The number of halogens is 2. The van der Waals surface area contributed by atoms with Crippen LogP contribution in [0.1, 0.15) is 17.0 Å². The first-order valence-electron chi connectivity index (χ1n) is 5.75. The monoisotopic (exact) mass is 398 g/mol. The summed E-state index contributed by atoms with van der Waals surface area (Å²) in [5.74, 6) is 0.614. The van der Waals surface area contributed by atoms with E-state index in [1.807, 2.05) is 19.9 Å². The van der Waals surface area contributed by atoms with Gasteiger partial charge in [0, 0.05) is 11.4 Å². The summed E-state index contributed by atoms with van der Waals surface area (Å²) >= 11 is 6.53. The molecule has 2 N–H and O–H groups in total. The Labute approximate surface area is 133 Å². The Kier molecular flexibility index (Phi) is 4.72. The molecule has 0 radical (unpaired) electrons. The summed E-state index contributed by atoms with van der Waals surface area (Å²) in [5.41, 5.74) is 5.36. The van der Waals surface area contributed by atoms with E-state index in [9.17, 15) is 5.11 Å². The van der Waals surface area contributed by atoms with E-state index >= 15 is 0 Å². The van der Waals surface area contributed by atoms with Crippen LogP contribution in [0, 0.1) is 13.8 Å². The van der Waals surface area contributed by atoms with Crippen LogP contribution in [-0.4, -0.2) is 21.3 Å². The molecule has 0 unspecified atom stereocenters. The number of nitrogens with one attached hydrogen (secondary N) is 1. The zero-order valence-corrected chi connectivity index (χ0v) is 14.0. The van der Waals surface area contributed by atoms with Gasteiger partial charge in [0.1, 0.15) is 5.75 Å². The smallest absolute Gasteiger partial charge is 0.243 e. The summed E-state index contributed by atoms with van der Waals surface area (Å²) in [6.45, 7) is 3.80. The molecule has 0 spiro atoms. The van der Waals surface area contributed by atoms with Gasteiger partial charge in [-0.15, -0.1) is 0 Å². The molecule has 7 heteroatoms. The first-order chi connectivity index (χ1) is 9.45. The topological polar surface area (TPSA) is 70.4 Å². The normalized spacial score (nSPS) is 11.0. The molecule has 0 fully saturated rings. The molecule has 0 atom stereocenters. The number of aryl methyl sites for hydroxylation is 2. The molecule has 104 valence electrons. The van der Waals surface area contributed by atoms with Crippen molar-refractivity contribution in [2.45, 2.75) is 13.8 Å². The first kappa shape index (κ1) is 14.9. The lowest BCUT2D eigenvalue weighted by Crippen LogP contribution is -1.99. The fourth-order valence-corrected chi connectivity index (χ4v) is 2.82. The van der Waals surface area contributed by atoms with Crippen LogP contribution in [0.3, 0.4) is 0 Å². The first-order valence-corrected chi connectivity index (χ1v) is 7.33. The summed E-state index contributed by atoms with van der Waals surface area (Å²) in [4.78, 5) is 8.44. The van der Waals surface area contributed by atoms with Crippen LogP contribution in [0.4, 0.5) is 5.95 Å². The maximum absolute atomic E-state index is 9.62. The Hall–Kier alpha value is -1.47. The molecule has 20 heavy (non-hydrogen) atoms. The number of phenolic OH excluding ortho intramolecular Hbond substituents is 1. The van der Waals surface area contributed by atoms with E-state index in [4.69, 9.17) is 0 Å². The molecule has 0 aliphatic rings. The lowest BCUT2D eigenvalue weighted by atomic mass is 10.2. The van der Waals surface area contributed by atoms with E-state index in [-0.39, 0.29) is 5.75 Å². The van der Waals surface area contributed by atoms with Crippen molar-refractivity contribution in [2.75, 3.05) is 5.43 Å². The van der Waals surface area contributed by atoms with Crippen molar-refractivity contribution in [1.29, 1.82) is 0 Å². The zero-order chi connectivity index (χ0) is 14.7. The third kappa shape index (κ3) is 3.77. The van der Waals surface area contributed by atoms with Gasteiger partial charge in [-0.25, -0.2) is 15.4 Å². The maximum atomic E-state index is 9.62. The molecule has 1 heterocycles. The van der Waals surface area contributed by atoms with Crippen LogP contribution in [0.5, 0.6) is 5.75 Å². The number of hydrazone groups is 1. The van der Waals surface area contributed by atoms with Crippen LogP contribution >= 0.6 is 31.9 Å². The van der Waals surface area contributed by atoms with Gasteiger partial charge in [0.25, 0.3) is 0 Å². The molecule has 2 aromatic rings. The predicted octanol–water partition coefficient (Wildman–Crippen LogP) is 3.77. The van der Waals surface area contributed by atoms with Crippen molar-refractivity contribution in [3.63, 3.8) is 0 Å². The lowest BCUT2D eigenvalue weighted by molar-refractivity contribution is 0.468. The third-order valence-corrected chi connectivity index (χ3v) is 3.61. The highest BCUT2D eigenvalue weighted by Crippen LogP contribution is 2.32. The number of hydrogen-bond donors (Lipinski definition) is 2. The van der Waals surface area contributed by atoms with Crippen molar-refractivity contribution in [2.24, 2.45) is 5.10 Å². The second-order valence-corrected chi connectivity index (χ2v) is 5.89. The Balaban J connectivity index is 2.14. The largest absolute Gasteiger partial charge is 0.506 e. The molecular formula is C13H12Br2N4O. The highest BCUT2D eigenvalue weighted by Gasteiger charge is 2.04. The van der Waals surface area contributed by atoms with Crippen LogP contribution in [0.2, 0.25) is 0 Å². The summed E-state index contributed by atoms with van der Waals surface area (Å²) in [5, 5.41) is 13.7. The fourth-order valence-electron chi connectivity index (χ4n) is 1.60. The molecule has 0 amide bonds. The van der Waals surface area contributed by atoms with Crippen molar-refractivity contribution in [3.8, 4) is 5.75 Å². The molecule has 0 aliphatic carbocycles. The Morgan fingerprint density at radius 3 is 2.20 bits per heavy atom. The van der Waals surface area contributed by atoms with Gasteiger partial charge in [0.15, 0.2) is 0 Å². The van der Waals surface area contributed by atoms with Crippen molar-refractivity contribution in [1.82, 2.24) is 9.97 Å². The summed E-state index contributed by atoms with van der Waals surface area (Å²) in [6.07, 6.45) is 1.62. The van der Waals surface area contributed by atoms with E-state index in [1.165, 1.54) is 0 Å². The lowest BCUT2D eigenvalue weighted by Gasteiger charge is -2.03.